The first-order valence-electron chi connectivity index (χ1n) is 7.58. The topological polar surface area (TPSA) is 72.7 Å². The van der Waals surface area contributed by atoms with Crippen LogP contribution in [0.15, 0.2) is 29.0 Å². The lowest BCUT2D eigenvalue weighted by atomic mass is 9.81. The number of amides is 1. The summed E-state index contributed by atoms with van der Waals surface area (Å²) in [5.41, 5.74) is 0.231. The number of nitrogens with one attached hydrogen (secondary N) is 1. The first-order chi connectivity index (χ1) is 11.1. The lowest BCUT2D eigenvalue weighted by Crippen LogP contribution is -2.28. The Morgan fingerprint density at radius 1 is 1.35 bits per heavy atom. The van der Waals surface area contributed by atoms with E-state index in [1.807, 2.05) is 0 Å². The van der Waals surface area contributed by atoms with Crippen molar-refractivity contribution >= 4 is 27.5 Å². The van der Waals surface area contributed by atoms with Crippen molar-refractivity contribution in [3.8, 4) is 0 Å². The normalized spacial score (nSPS) is 21.1. The van der Waals surface area contributed by atoms with Crippen LogP contribution in [0.25, 0.3) is 0 Å². The lowest BCUT2D eigenvalue weighted by Gasteiger charge is -2.27. The van der Waals surface area contributed by atoms with E-state index in [-0.39, 0.29) is 17.5 Å². The highest BCUT2D eigenvalue weighted by atomic mass is 79.9. The van der Waals surface area contributed by atoms with Crippen molar-refractivity contribution in [1.29, 1.82) is 0 Å². The van der Waals surface area contributed by atoms with E-state index in [1.165, 1.54) is 6.07 Å². The molecule has 3 rings (SSSR count). The zero-order valence-corrected chi connectivity index (χ0v) is 14.0. The Bertz CT molecular complexity index is 671. The van der Waals surface area contributed by atoms with Crippen LogP contribution in [0, 0.1) is 17.7 Å². The van der Waals surface area contributed by atoms with Crippen LogP contribution in [0.3, 0.4) is 0 Å². The average molecular weight is 382 g/mol. The van der Waals surface area contributed by atoms with Crippen molar-refractivity contribution in [3.63, 3.8) is 0 Å². The molecular weight excluding hydrogens is 365 g/mol. The summed E-state index contributed by atoms with van der Waals surface area (Å²) >= 11 is 3.20. The second-order valence-electron chi connectivity index (χ2n) is 5.86. The molecule has 1 aliphatic rings. The quantitative estimate of drug-likeness (QED) is 0.883. The molecular formula is C15H17BrFN5O. The molecule has 122 valence electrons. The molecule has 1 heterocycles. The summed E-state index contributed by atoms with van der Waals surface area (Å²) in [5.74, 6) is -0.123. The van der Waals surface area contributed by atoms with Gasteiger partial charge in [-0.3, -0.25) is 4.79 Å². The highest BCUT2D eigenvalue weighted by Gasteiger charge is 2.27. The molecule has 1 fully saturated rings. The van der Waals surface area contributed by atoms with Crippen molar-refractivity contribution in [2.75, 3.05) is 5.32 Å². The summed E-state index contributed by atoms with van der Waals surface area (Å²) in [6.45, 7) is 0.780. The molecule has 0 bridgehead atoms. The molecule has 1 saturated carbocycles. The Hall–Kier alpha value is -1.83. The van der Waals surface area contributed by atoms with Gasteiger partial charge in [0.25, 0.3) is 0 Å². The Balaban J connectivity index is 1.51. The Morgan fingerprint density at radius 3 is 2.78 bits per heavy atom. The Labute approximate surface area is 141 Å². The number of aromatic nitrogens is 4. The zero-order valence-electron chi connectivity index (χ0n) is 12.5. The van der Waals surface area contributed by atoms with Crippen LogP contribution in [0.1, 0.15) is 25.7 Å². The third-order valence-electron chi connectivity index (χ3n) is 4.24. The van der Waals surface area contributed by atoms with E-state index in [9.17, 15) is 9.18 Å². The van der Waals surface area contributed by atoms with Crippen LogP contribution in [0.4, 0.5) is 10.1 Å². The van der Waals surface area contributed by atoms with Gasteiger partial charge in [-0.1, -0.05) is 15.9 Å². The second kappa shape index (κ2) is 7.16. The number of carbonyl (C=O) groups is 1. The summed E-state index contributed by atoms with van der Waals surface area (Å²) in [7, 11) is 0. The number of rotatable bonds is 4. The largest absolute Gasteiger partial charge is 0.323 e. The van der Waals surface area contributed by atoms with E-state index in [0.717, 1.165) is 32.2 Å². The SMILES string of the molecule is O=C(Nc1ccc(Br)cc1F)C1CCC(Cn2cnnn2)CC1. The van der Waals surface area contributed by atoms with Crippen molar-refractivity contribution in [2.45, 2.75) is 32.2 Å². The molecule has 0 aliphatic heterocycles. The molecule has 1 aromatic carbocycles. The van der Waals surface area contributed by atoms with E-state index in [0.29, 0.717) is 10.4 Å². The number of tetrazole rings is 1. The minimum Gasteiger partial charge on any atom is -0.323 e. The molecule has 1 aromatic heterocycles. The van der Waals surface area contributed by atoms with Crippen LogP contribution in [0.5, 0.6) is 0 Å². The van der Waals surface area contributed by atoms with E-state index in [2.05, 4.69) is 36.8 Å². The van der Waals surface area contributed by atoms with Gasteiger partial charge in [-0.25, -0.2) is 9.07 Å². The van der Waals surface area contributed by atoms with Gasteiger partial charge in [-0.15, -0.1) is 5.10 Å². The summed E-state index contributed by atoms with van der Waals surface area (Å²) < 4.78 is 16.2. The van der Waals surface area contributed by atoms with Crippen LogP contribution in [-0.2, 0) is 11.3 Å². The maximum absolute atomic E-state index is 13.8. The van der Waals surface area contributed by atoms with Crippen molar-refractivity contribution < 1.29 is 9.18 Å². The first-order valence-corrected chi connectivity index (χ1v) is 8.38. The van der Waals surface area contributed by atoms with Gasteiger partial charge in [0.2, 0.25) is 5.91 Å². The molecule has 8 heteroatoms. The molecule has 0 radical (unpaired) electrons. The summed E-state index contributed by atoms with van der Waals surface area (Å²) in [6, 6.07) is 4.63. The van der Waals surface area contributed by atoms with Gasteiger partial charge in [0.05, 0.1) is 5.69 Å². The number of anilines is 1. The van der Waals surface area contributed by atoms with Crippen molar-refractivity contribution in [3.05, 3.63) is 34.8 Å². The third-order valence-corrected chi connectivity index (χ3v) is 4.74. The number of nitrogens with zero attached hydrogens (tertiary/aromatic N) is 4. The van der Waals surface area contributed by atoms with E-state index in [4.69, 9.17) is 0 Å². The molecule has 23 heavy (non-hydrogen) atoms. The van der Waals surface area contributed by atoms with Crippen molar-refractivity contribution in [2.24, 2.45) is 11.8 Å². The standard InChI is InChI=1S/C15H17BrFN5O/c16-12-5-6-14(13(17)7-12)19-15(23)11-3-1-10(2-4-11)8-22-9-18-20-21-22/h5-7,9-11H,1-4,8H2,(H,19,23). The minimum atomic E-state index is -0.430. The number of hydrogen-bond acceptors (Lipinski definition) is 4. The number of hydrogen-bond donors (Lipinski definition) is 1. The fourth-order valence-electron chi connectivity index (χ4n) is 2.96. The van der Waals surface area contributed by atoms with Crippen LogP contribution >= 0.6 is 15.9 Å². The number of halogens is 2. The monoisotopic (exact) mass is 381 g/mol. The predicted octanol–water partition coefficient (Wildman–Crippen LogP) is 3.02. The maximum Gasteiger partial charge on any atom is 0.227 e. The van der Waals surface area contributed by atoms with Gasteiger partial charge in [-0.2, -0.15) is 0 Å². The molecule has 1 N–H and O–H groups in total. The highest BCUT2D eigenvalue weighted by molar-refractivity contribution is 9.10. The lowest BCUT2D eigenvalue weighted by molar-refractivity contribution is -0.121. The van der Waals surface area contributed by atoms with Gasteiger partial charge in [0.15, 0.2) is 0 Å². The fourth-order valence-corrected chi connectivity index (χ4v) is 3.29. The molecule has 2 aromatic rings. The van der Waals surface area contributed by atoms with Crippen molar-refractivity contribution in [1.82, 2.24) is 20.2 Å². The maximum atomic E-state index is 13.8. The van der Waals surface area contributed by atoms with E-state index >= 15 is 0 Å². The van der Waals surface area contributed by atoms with Crippen LogP contribution < -0.4 is 5.32 Å². The molecule has 0 saturated heterocycles. The first kappa shape index (κ1) is 16.0. The fraction of sp³-hybridized carbons (Fsp3) is 0.467. The highest BCUT2D eigenvalue weighted by Crippen LogP contribution is 2.31. The predicted molar refractivity (Wildman–Crippen MR) is 86.0 cm³/mol. The van der Waals surface area contributed by atoms with Gasteiger partial charge in [0.1, 0.15) is 12.1 Å². The summed E-state index contributed by atoms with van der Waals surface area (Å²) in [6.07, 6.45) is 5.10. The molecule has 0 spiro atoms. The van der Waals surface area contributed by atoms with Gasteiger partial charge in [0, 0.05) is 16.9 Å². The van der Waals surface area contributed by atoms with Crippen LogP contribution in [-0.4, -0.2) is 26.1 Å². The third kappa shape index (κ3) is 4.13. The average Bonchev–Trinajstić information content (AvgIpc) is 3.04. The molecule has 6 nitrogen and oxygen atoms in total. The number of benzene rings is 1. The molecule has 1 amide bonds. The Kier molecular flexibility index (Phi) is 5.00. The van der Waals surface area contributed by atoms with Gasteiger partial charge >= 0.3 is 0 Å². The van der Waals surface area contributed by atoms with E-state index < -0.39 is 5.82 Å². The summed E-state index contributed by atoms with van der Waals surface area (Å²) in [4.78, 5) is 12.3. The smallest absolute Gasteiger partial charge is 0.227 e. The molecule has 0 unspecified atom stereocenters. The Morgan fingerprint density at radius 2 is 2.13 bits per heavy atom. The van der Waals surface area contributed by atoms with Gasteiger partial charge < -0.3 is 5.32 Å². The zero-order chi connectivity index (χ0) is 16.2. The molecule has 1 aliphatic carbocycles. The number of carbonyl (C=O) groups excluding carboxylic acids is 1. The van der Waals surface area contributed by atoms with Gasteiger partial charge in [-0.05, 0) is 60.2 Å². The van der Waals surface area contributed by atoms with Crippen LogP contribution in [0.2, 0.25) is 0 Å². The minimum absolute atomic E-state index is 0.0665. The summed E-state index contributed by atoms with van der Waals surface area (Å²) in [5, 5.41) is 13.8. The molecule has 0 atom stereocenters. The second-order valence-corrected chi connectivity index (χ2v) is 6.78. The van der Waals surface area contributed by atoms with E-state index in [1.54, 1.807) is 23.1 Å².